The number of carboxylic acid groups (broad SMARTS) is 1. The summed E-state index contributed by atoms with van der Waals surface area (Å²) in [4.78, 5) is 19.2. The Morgan fingerprint density at radius 3 is 2.75 bits per heavy atom. The van der Waals surface area contributed by atoms with Crippen LogP contribution < -0.4 is 5.73 Å². The Morgan fingerprint density at radius 2 is 2.20 bits per heavy atom. The number of hydrogen-bond acceptors (Lipinski definition) is 5. The smallest absolute Gasteiger partial charge is 0.341 e. The molecule has 1 fully saturated rings. The minimum atomic E-state index is -1.11. The standard InChI is InChI=1S/C14H21N3O3/c1-2-20-11(9-6-4-3-5-7-9)13-16-8-10(14(18)19)12(15)17-13/h8-9,11H,2-7H2,1H3,(H,18,19)(H2,15,16,17). The second-order valence-electron chi connectivity index (χ2n) is 5.11. The lowest BCUT2D eigenvalue weighted by Crippen LogP contribution is -2.22. The molecular weight excluding hydrogens is 258 g/mol. The Bertz CT molecular complexity index is 473. The van der Waals surface area contributed by atoms with Gasteiger partial charge in [-0.2, -0.15) is 0 Å². The molecule has 6 heteroatoms. The minimum absolute atomic E-state index is 0.00279. The molecule has 0 aromatic carbocycles. The molecule has 1 unspecified atom stereocenters. The Hall–Kier alpha value is -1.69. The van der Waals surface area contributed by atoms with Crippen LogP contribution in [-0.4, -0.2) is 27.7 Å². The summed E-state index contributed by atoms with van der Waals surface area (Å²) in [5.41, 5.74) is 5.64. The summed E-state index contributed by atoms with van der Waals surface area (Å²) in [6.07, 6.45) is 6.91. The zero-order chi connectivity index (χ0) is 14.5. The molecular formula is C14H21N3O3. The van der Waals surface area contributed by atoms with Crippen molar-refractivity contribution in [3.05, 3.63) is 17.6 Å². The number of nitrogens with zero attached hydrogens (tertiary/aromatic N) is 2. The van der Waals surface area contributed by atoms with Gasteiger partial charge in [0.1, 0.15) is 17.5 Å². The van der Waals surface area contributed by atoms with Gasteiger partial charge in [-0.05, 0) is 25.7 Å². The molecule has 1 saturated carbocycles. The van der Waals surface area contributed by atoms with Crippen molar-refractivity contribution >= 4 is 11.8 Å². The van der Waals surface area contributed by atoms with E-state index in [2.05, 4.69) is 9.97 Å². The summed E-state index contributed by atoms with van der Waals surface area (Å²) in [5, 5.41) is 8.96. The van der Waals surface area contributed by atoms with Crippen molar-refractivity contribution in [1.82, 2.24) is 9.97 Å². The first-order valence-corrected chi connectivity index (χ1v) is 7.10. The molecule has 1 aromatic rings. The van der Waals surface area contributed by atoms with Gasteiger partial charge in [0.05, 0.1) is 0 Å². The SMILES string of the molecule is CCOC(c1ncc(C(=O)O)c(N)n1)C1CCCCC1. The third-order valence-electron chi connectivity index (χ3n) is 3.75. The molecule has 1 aromatic heterocycles. The van der Waals surface area contributed by atoms with Gasteiger partial charge in [0.25, 0.3) is 0 Å². The van der Waals surface area contributed by atoms with Gasteiger partial charge in [0.15, 0.2) is 5.82 Å². The Balaban J connectivity index is 2.24. The summed E-state index contributed by atoms with van der Waals surface area (Å²) in [6.45, 7) is 2.51. The van der Waals surface area contributed by atoms with Gasteiger partial charge in [-0.1, -0.05) is 19.3 Å². The van der Waals surface area contributed by atoms with Crippen LogP contribution in [0.15, 0.2) is 6.20 Å². The van der Waals surface area contributed by atoms with Crippen LogP contribution in [0.3, 0.4) is 0 Å². The molecule has 1 aliphatic rings. The molecule has 0 spiro atoms. The maximum absolute atomic E-state index is 10.9. The van der Waals surface area contributed by atoms with E-state index < -0.39 is 5.97 Å². The molecule has 1 atom stereocenters. The van der Waals surface area contributed by atoms with E-state index in [0.717, 1.165) is 12.8 Å². The van der Waals surface area contributed by atoms with Crippen LogP contribution in [0.25, 0.3) is 0 Å². The van der Waals surface area contributed by atoms with E-state index in [-0.39, 0.29) is 17.5 Å². The molecule has 1 aliphatic carbocycles. The number of hydrogen-bond donors (Lipinski definition) is 2. The topological polar surface area (TPSA) is 98.3 Å². The summed E-state index contributed by atoms with van der Waals surface area (Å²) < 4.78 is 5.79. The Kier molecular flexibility index (Phi) is 4.89. The van der Waals surface area contributed by atoms with Crippen molar-refractivity contribution in [2.24, 2.45) is 5.92 Å². The Morgan fingerprint density at radius 1 is 1.50 bits per heavy atom. The Labute approximate surface area is 118 Å². The van der Waals surface area contributed by atoms with Crippen molar-refractivity contribution in [2.75, 3.05) is 12.3 Å². The van der Waals surface area contributed by atoms with Crippen LogP contribution >= 0.6 is 0 Å². The van der Waals surface area contributed by atoms with Crippen molar-refractivity contribution in [2.45, 2.75) is 45.1 Å². The summed E-state index contributed by atoms with van der Waals surface area (Å²) >= 11 is 0. The molecule has 6 nitrogen and oxygen atoms in total. The number of anilines is 1. The van der Waals surface area contributed by atoms with Crippen molar-refractivity contribution in [3.63, 3.8) is 0 Å². The molecule has 20 heavy (non-hydrogen) atoms. The number of rotatable bonds is 5. The molecule has 0 bridgehead atoms. The van der Waals surface area contributed by atoms with E-state index >= 15 is 0 Å². The summed E-state index contributed by atoms with van der Waals surface area (Å²) in [6, 6.07) is 0. The molecule has 2 rings (SSSR count). The number of aromatic carboxylic acids is 1. The first-order valence-electron chi connectivity index (χ1n) is 7.10. The molecule has 3 N–H and O–H groups in total. The first kappa shape index (κ1) is 14.7. The third kappa shape index (κ3) is 3.25. The van der Waals surface area contributed by atoms with Crippen LogP contribution in [0.5, 0.6) is 0 Å². The number of carbonyl (C=O) groups is 1. The van der Waals surface area contributed by atoms with E-state index in [1.54, 1.807) is 0 Å². The molecule has 0 saturated heterocycles. The highest BCUT2D eigenvalue weighted by molar-refractivity contribution is 5.92. The van der Waals surface area contributed by atoms with Gasteiger partial charge in [-0.3, -0.25) is 0 Å². The van der Waals surface area contributed by atoms with E-state index in [1.165, 1.54) is 25.5 Å². The van der Waals surface area contributed by atoms with Gasteiger partial charge in [-0.15, -0.1) is 0 Å². The number of aromatic nitrogens is 2. The average Bonchev–Trinajstić information content (AvgIpc) is 2.45. The predicted octanol–water partition coefficient (Wildman–Crippen LogP) is 2.41. The van der Waals surface area contributed by atoms with Crippen molar-refractivity contribution in [3.8, 4) is 0 Å². The van der Waals surface area contributed by atoms with E-state index in [1.807, 2.05) is 6.92 Å². The zero-order valence-electron chi connectivity index (χ0n) is 11.7. The molecule has 0 radical (unpaired) electrons. The van der Waals surface area contributed by atoms with Crippen LogP contribution in [0.1, 0.15) is 61.3 Å². The fourth-order valence-corrected chi connectivity index (χ4v) is 2.75. The fraction of sp³-hybridized carbons (Fsp3) is 0.643. The van der Waals surface area contributed by atoms with Crippen LogP contribution in [0.4, 0.5) is 5.82 Å². The van der Waals surface area contributed by atoms with Crippen LogP contribution in [0, 0.1) is 5.92 Å². The molecule has 1 heterocycles. The minimum Gasteiger partial charge on any atom is -0.477 e. The molecule has 110 valence electrons. The van der Waals surface area contributed by atoms with Gasteiger partial charge >= 0.3 is 5.97 Å². The summed E-state index contributed by atoms with van der Waals surface area (Å²) in [5.74, 6) is -0.220. The lowest BCUT2D eigenvalue weighted by molar-refractivity contribution is -0.000145. The summed E-state index contributed by atoms with van der Waals surface area (Å²) in [7, 11) is 0. The highest BCUT2D eigenvalue weighted by atomic mass is 16.5. The number of nitrogens with two attached hydrogens (primary N) is 1. The van der Waals surface area contributed by atoms with Gasteiger partial charge < -0.3 is 15.6 Å². The maximum atomic E-state index is 10.9. The second-order valence-corrected chi connectivity index (χ2v) is 5.11. The van der Waals surface area contributed by atoms with Gasteiger partial charge in [0.2, 0.25) is 0 Å². The van der Waals surface area contributed by atoms with Gasteiger partial charge in [0, 0.05) is 12.8 Å². The normalized spacial score (nSPS) is 17.9. The highest BCUT2D eigenvalue weighted by Crippen LogP contribution is 2.35. The average molecular weight is 279 g/mol. The number of nitrogen functional groups attached to an aromatic ring is 1. The number of carboxylic acids is 1. The van der Waals surface area contributed by atoms with Crippen molar-refractivity contribution in [1.29, 1.82) is 0 Å². The lowest BCUT2D eigenvalue weighted by Gasteiger charge is -2.29. The zero-order valence-corrected chi connectivity index (χ0v) is 11.7. The predicted molar refractivity (Wildman–Crippen MR) is 74.3 cm³/mol. The largest absolute Gasteiger partial charge is 0.477 e. The lowest BCUT2D eigenvalue weighted by atomic mass is 9.85. The molecule has 0 amide bonds. The van der Waals surface area contributed by atoms with Crippen LogP contribution in [-0.2, 0) is 4.74 Å². The van der Waals surface area contributed by atoms with E-state index in [0.29, 0.717) is 18.3 Å². The number of ether oxygens (including phenoxy) is 1. The second kappa shape index (κ2) is 6.65. The molecule has 0 aliphatic heterocycles. The van der Waals surface area contributed by atoms with E-state index in [9.17, 15) is 4.79 Å². The maximum Gasteiger partial charge on any atom is 0.341 e. The fourth-order valence-electron chi connectivity index (χ4n) is 2.75. The van der Waals surface area contributed by atoms with Crippen molar-refractivity contribution < 1.29 is 14.6 Å². The first-order chi connectivity index (χ1) is 9.63. The monoisotopic (exact) mass is 279 g/mol. The van der Waals surface area contributed by atoms with Gasteiger partial charge in [-0.25, -0.2) is 14.8 Å². The van der Waals surface area contributed by atoms with E-state index in [4.69, 9.17) is 15.6 Å². The van der Waals surface area contributed by atoms with Crippen LogP contribution in [0.2, 0.25) is 0 Å². The third-order valence-corrected chi connectivity index (χ3v) is 3.75. The highest BCUT2D eigenvalue weighted by Gasteiger charge is 2.28. The quantitative estimate of drug-likeness (QED) is 0.858.